The largest absolute Gasteiger partial charge is 0.495 e. The van der Waals surface area contributed by atoms with Crippen molar-refractivity contribution in [1.29, 1.82) is 0 Å². The number of hydrogen-bond acceptors (Lipinski definition) is 6. The number of nitrogens with zero attached hydrogens (tertiary/aromatic N) is 2. The number of amides is 1. The van der Waals surface area contributed by atoms with E-state index in [-0.39, 0.29) is 11.6 Å². The van der Waals surface area contributed by atoms with Crippen LogP contribution in [0, 0.1) is 0 Å². The molecule has 1 amide bonds. The quantitative estimate of drug-likeness (QED) is 0.832. The number of nitrogen functional groups attached to an aromatic ring is 1. The Labute approximate surface area is 155 Å². The summed E-state index contributed by atoms with van der Waals surface area (Å²) in [7, 11) is 3.25. The van der Waals surface area contributed by atoms with Crippen molar-refractivity contribution >= 4 is 17.5 Å². The van der Waals surface area contributed by atoms with E-state index in [1.54, 1.807) is 25.2 Å². The predicted octanol–water partition coefficient (Wildman–Crippen LogP) is 2.88. The second-order valence-corrected chi connectivity index (χ2v) is 8.08. The molecule has 1 aromatic carbocycles. The van der Waals surface area contributed by atoms with Crippen molar-refractivity contribution in [2.45, 2.75) is 44.8 Å². The second-order valence-electron chi connectivity index (χ2n) is 8.08. The van der Waals surface area contributed by atoms with Crippen LogP contribution in [0.3, 0.4) is 0 Å². The van der Waals surface area contributed by atoms with Gasteiger partial charge in [-0.3, -0.25) is 0 Å². The zero-order chi connectivity index (χ0) is 19.1. The molecule has 0 unspecified atom stereocenters. The van der Waals surface area contributed by atoms with Crippen LogP contribution in [0.2, 0.25) is 0 Å². The van der Waals surface area contributed by atoms with Crippen molar-refractivity contribution in [1.82, 2.24) is 4.90 Å². The third-order valence-electron chi connectivity index (χ3n) is 5.04. The lowest BCUT2D eigenvalue weighted by molar-refractivity contribution is -0.00707. The van der Waals surface area contributed by atoms with E-state index in [2.05, 4.69) is 4.90 Å². The third kappa shape index (κ3) is 3.22. The average Bonchev–Trinajstić information content (AvgIpc) is 2.96. The number of methoxy groups -OCH3 is 2. The molecule has 0 saturated carbocycles. The molecular weight excluding hydrogens is 334 g/mol. The minimum Gasteiger partial charge on any atom is -0.495 e. The fourth-order valence-corrected chi connectivity index (χ4v) is 3.88. The molecule has 0 radical (unpaired) electrons. The Kier molecular flexibility index (Phi) is 4.58. The predicted molar refractivity (Wildman–Crippen MR) is 101 cm³/mol. The average molecular weight is 363 g/mol. The molecule has 2 aliphatic rings. The van der Waals surface area contributed by atoms with Crippen LogP contribution < -0.4 is 20.1 Å². The normalized spacial score (nSPS) is 18.7. The van der Waals surface area contributed by atoms with Crippen molar-refractivity contribution in [2.24, 2.45) is 0 Å². The summed E-state index contributed by atoms with van der Waals surface area (Å²) in [5.41, 5.74) is 6.96. The Hall–Kier alpha value is -2.31. The summed E-state index contributed by atoms with van der Waals surface area (Å²) in [6.07, 6.45) is 1.84. The van der Waals surface area contributed by atoms with Gasteiger partial charge in [0.2, 0.25) is 0 Å². The molecule has 0 aliphatic carbocycles. The van der Waals surface area contributed by atoms with Crippen LogP contribution in [0.15, 0.2) is 12.1 Å². The summed E-state index contributed by atoms with van der Waals surface area (Å²) < 4.78 is 16.4. The van der Waals surface area contributed by atoms with E-state index in [9.17, 15) is 4.79 Å². The number of benzene rings is 1. The molecular formula is C19H29N3O4. The van der Waals surface area contributed by atoms with Gasteiger partial charge in [-0.1, -0.05) is 0 Å². The first-order valence-corrected chi connectivity index (χ1v) is 8.96. The maximum absolute atomic E-state index is 12.3. The van der Waals surface area contributed by atoms with Crippen LogP contribution in [0.1, 0.15) is 33.6 Å². The maximum atomic E-state index is 12.3. The van der Waals surface area contributed by atoms with E-state index in [0.29, 0.717) is 24.5 Å². The minimum absolute atomic E-state index is 0.0781. The molecule has 144 valence electrons. The fraction of sp³-hybridized carbons (Fsp3) is 0.632. The van der Waals surface area contributed by atoms with Crippen LogP contribution in [0.4, 0.5) is 16.2 Å². The summed E-state index contributed by atoms with van der Waals surface area (Å²) in [6.45, 7) is 7.86. The highest BCUT2D eigenvalue weighted by Crippen LogP contribution is 2.46. The van der Waals surface area contributed by atoms with E-state index in [0.717, 1.165) is 30.8 Å². The van der Waals surface area contributed by atoms with Gasteiger partial charge >= 0.3 is 6.09 Å². The van der Waals surface area contributed by atoms with Gasteiger partial charge in [-0.2, -0.15) is 0 Å². The first-order chi connectivity index (χ1) is 12.2. The smallest absolute Gasteiger partial charge is 0.410 e. The summed E-state index contributed by atoms with van der Waals surface area (Å²) in [4.78, 5) is 16.4. The van der Waals surface area contributed by atoms with Crippen molar-refractivity contribution in [3.8, 4) is 11.5 Å². The standard InChI is InChI=1S/C19H29N3O4/c1-18(2,3)26-17(23)21-11-19(12-21)7-6-8-22(19)14-10-15(24-4)13(20)9-16(14)25-5/h9-10H,6-8,11-12,20H2,1-5H3. The van der Waals surface area contributed by atoms with Crippen LogP contribution in [0.5, 0.6) is 11.5 Å². The van der Waals surface area contributed by atoms with Crippen molar-refractivity contribution in [3.63, 3.8) is 0 Å². The van der Waals surface area contributed by atoms with E-state index < -0.39 is 5.60 Å². The van der Waals surface area contributed by atoms with Gasteiger partial charge in [-0.25, -0.2) is 4.79 Å². The lowest BCUT2D eigenvalue weighted by atomic mass is 9.87. The molecule has 3 rings (SSSR count). The molecule has 2 heterocycles. The third-order valence-corrected chi connectivity index (χ3v) is 5.04. The number of anilines is 2. The molecule has 2 fully saturated rings. The Balaban J connectivity index is 1.81. The van der Waals surface area contributed by atoms with Gasteiger partial charge in [0.1, 0.15) is 17.1 Å². The molecule has 0 aromatic heterocycles. The highest BCUT2D eigenvalue weighted by molar-refractivity contribution is 5.74. The number of likely N-dealkylation sites (tertiary alicyclic amines) is 1. The van der Waals surface area contributed by atoms with Crippen molar-refractivity contribution < 1.29 is 19.0 Å². The first kappa shape index (κ1) is 18.5. The molecule has 2 saturated heterocycles. The van der Waals surface area contributed by atoms with Crippen LogP contribution in [-0.2, 0) is 4.74 Å². The zero-order valence-electron chi connectivity index (χ0n) is 16.3. The summed E-state index contributed by atoms with van der Waals surface area (Å²) >= 11 is 0. The molecule has 7 heteroatoms. The lowest BCUT2D eigenvalue weighted by Crippen LogP contribution is -2.69. The van der Waals surface area contributed by atoms with E-state index >= 15 is 0 Å². The monoisotopic (exact) mass is 363 g/mol. The van der Waals surface area contributed by atoms with Crippen LogP contribution in [-0.4, -0.2) is 56.0 Å². The number of rotatable bonds is 3. The molecule has 0 atom stereocenters. The number of nitrogens with two attached hydrogens (primary N) is 1. The van der Waals surface area contributed by atoms with Crippen molar-refractivity contribution in [3.05, 3.63) is 12.1 Å². The summed E-state index contributed by atoms with van der Waals surface area (Å²) in [5.74, 6) is 1.35. The van der Waals surface area contributed by atoms with Gasteiger partial charge in [0.15, 0.2) is 0 Å². The SMILES string of the molecule is COc1cc(N2CCCC23CN(C(=O)OC(C)(C)C)C3)c(OC)cc1N. The molecule has 7 nitrogen and oxygen atoms in total. The molecule has 2 N–H and O–H groups in total. The Morgan fingerprint density at radius 2 is 1.81 bits per heavy atom. The number of ether oxygens (including phenoxy) is 3. The maximum Gasteiger partial charge on any atom is 0.410 e. The van der Waals surface area contributed by atoms with E-state index in [1.807, 2.05) is 26.8 Å². The number of carbonyl (C=O) groups is 1. The Morgan fingerprint density at radius 1 is 1.15 bits per heavy atom. The Bertz CT molecular complexity index is 693. The van der Waals surface area contributed by atoms with Gasteiger partial charge < -0.3 is 29.7 Å². The van der Waals surface area contributed by atoms with Crippen LogP contribution in [0.25, 0.3) is 0 Å². The second kappa shape index (κ2) is 6.45. The van der Waals surface area contributed by atoms with Gasteiger partial charge in [0, 0.05) is 31.8 Å². The number of carbonyl (C=O) groups excluding carboxylic acids is 1. The summed E-state index contributed by atoms with van der Waals surface area (Å²) in [5, 5.41) is 0. The molecule has 26 heavy (non-hydrogen) atoms. The first-order valence-electron chi connectivity index (χ1n) is 8.96. The van der Waals surface area contributed by atoms with Crippen molar-refractivity contribution in [2.75, 3.05) is 44.5 Å². The van der Waals surface area contributed by atoms with Gasteiger partial charge in [0.25, 0.3) is 0 Å². The van der Waals surface area contributed by atoms with E-state index in [4.69, 9.17) is 19.9 Å². The van der Waals surface area contributed by atoms with E-state index in [1.165, 1.54) is 0 Å². The zero-order valence-corrected chi connectivity index (χ0v) is 16.3. The van der Waals surface area contributed by atoms with Gasteiger partial charge in [-0.15, -0.1) is 0 Å². The molecule has 0 bridgehead atoms. The Morgan fingerprint density at radius 3 is 2.38 bits per heavy atom. The molecule has 1 spiro atoms. The highest BCUT2D eigenvalue weighted by Gasteiger charge is 2.53. The molecule has 1 aromatic rings. The number of hydrogen-bond donors (Lipinski definition) is 1. The highest BCUT2D eigenvalue weighted by atomic mass is 16.6. The minimum atomic E-state index is -0.483. The fourth-order valence-electron chi connectivity index (χ4n) is 3.88. The topological polar surface area (TPSA) is 77.3 Å². The van der Waals surface area contributed by atoms with Crippen LogP contribution >= 0.6 is 0 Å². The molecule has 2 aliphatic heterocycles. The van der Waals surface area contributed by atoms with Gasteiger partial charge in [-0.05, 0) is 33.6 Å². The lowest BCUT2D eigenvalue weighted by Gasteiger charge is -2.53. The summed E-state index contributed by atoms with van der Waals surface area (Å²) in [6, 6.07) is 3.72. The van der Waals surface area contributed by atoms with Gasteiger partial charge in [0.05, 0.1) is 31.1 Å².